The Labute approximate surface area is 203 Å². The molecule has 35 heavy (non-hydrogen) atoms. The summed E-state index contributed by atoms with van der Waals surface area (Å²) in [5.74, 6) is -0.455. The van der Waals surface area contributed by atoms with Gasteiger partial charge in [-0.2, -0.15) is 0 Å². The number of esters is 1. The summed E-state index contributed by atoms with van der Waals surface area (Å²) in [7, 11) is 4.52. The van der Waals surface area contributed by atoms with Gasteiger partial charge in [0, 0.05) is 12.7 Å². The number of amides is 2. The highest BCUT2D eigenvalue weighted by Gasteiger charge is 2.17. The molecule has 3 rings (SSSR count). The molecule has 0 radical (unpaired) electrons. The lowest BCUT2D eigenvalue weighted by atomic mass is 10.2. The van der Waals surface area contributed by atoms with Crippen LogP contribution in [0.25, 0.3) is 0 Å². The van der Waals surface area contributed by atoms with Crippen LogP contribution in [-0.4, -0.2) is 52.3 Å². The minimum absolute atomic E-state index is 0.169. The smallest absolute Gasteiger partial charge is 0.338 e. The molecule has 0 aromatic heterocycles. The minimum Gasteiger partial charge on any atom is -0.495 e. The van der Waals surface area contributed by atoms with E-state index in [-0.39, 0.29) is 29.6 Å². The van der Waals surface area contributed by atoms with Crippen molar-refractivity contribution < 1.29 is 33.3 Å². The fourth-order valence-electron chi connectivity index (χ4n) is 3.09. The first kappa shape index (κ1) is 25.1. The van der Waals surface area contributed by atoms with Crippen molar-refractivity contribution >= 4 is 29.2 Å². The summed E-state index contributed by atoms with van der Waals surface area (Å²) in [6.07, 6.45) is 0. The molecule has 0 aliphatic rings. The van der Waals surface area contributed by atoms with Gasteiger partial charge in [0.25, 0.3) is 11.8 Å². The summed E-state index contributed by atoms with van der Waals surface area (Å²) in [4.78, 5) is 38.5. The Morgan fingerprint density at radius 1 is 0.800 bits per heavy atom. The molecule has 0 saturated heterocycles. The van der Waals surface area contributed by atoms with Crippen LogP contribution in [0.1, 0.15) is 10.4 Å². The lowest BCUT2D eigenvalue weighted by molar-refractivity contribution is -0.121. The van der Waals surface area contributed by atoms with Crippen LogP contribution in [-0.2, 0) is 14.3 Å². The van der Waals surface area contributed by atoms with Crippen molar-refractivity contribution in [1.29, 1.82) is 0 Å². The Balaban J connectivity index is 1.56. The molecule has 2 amide bonds. The first-order valence-corrected chi connectivity index (χ1v) is 10.7. The summed E-state index contributed by atoms with van der Waals surface area (Å²) in [6.45, 7) is -0.716. The van der Waals surface area contributed by atoms with Crippen molar-refractivity contribution in [2.75, 3.05) is 44.7 Å². The summed E-state index contributed by atoms with van der Waals surface area (Å²) in [6, 6.07) is 20.4. The lowest BCUT2D eigenvalue weighted by Crippen LogP contribution is -2.31. The average molecular weight is 479 g/mol. The third-order valence-electron chi connectivity index (χ3n) is 4.98. The van der Waals surface area contributed by atoms with E-state index in [9.17, 15) is 14.4 Å². The topological polar surface area (TPSA) is 103 Å². The van der Waals surface area contributed by atoms with Crippen LogP contribution in [0.15, 0.2) is 72.8 Å². The van der Waals surface area contributed by atoms with Crippen molar-refractivity contribution in [3.8, 4) is 17.2 Å². The van der Waals surface area contributed by atoms with Gasteiger partial charge < -0.3 is 29.2 Å². The fourth-order valence-corrected chi connectivity index (χ4v) is 3.09. The SMILES string of the molecule is COc1ccccc1NC(=O)COc1ccc(C(=O)OCC(=O)N(C)c2ccccc2)cc1OC. The van der Waals surface area contributed by atoms with E-state index in [0.717, 1.165) is 0 Å². The minimum atomic E-state index is -0.696. The molecule has 9 nitrogen and oxygen atoms in total. The largest absolute Gasteiger partial charge is 0.495 e. The van der Waals surface area contributed by atoms with Crippen LogP contribution in [0.4, 0.5) is 11.4 Å². The zero-order chi connectivity index (χ0) is 25.2. The predicted octanol–water partition coefficient (Wildman–Crippen LogP) is 3.54. The first-order valence-electron chi connectivity index (χ1n) is 10.7. The van der Waals surface area contributed by atoms with Crippen LogP contribution in [0.2, 0.25) is 0 Å². The third-order valence-corrected chi connectivity index (χ3v) is 4.98. The number of hydrogen-bond acceptors (Lipinski definition) is 7. The molecule has 0 aliphatic carbocycles. The number of rotatable bonds is 10. The van der Waals surface area contributed by atoms with Gasteiger partial charge in [0.2, 0.25) is 0 Å². The van der Waals surface area contributed by atoms with Crippen LogP contribution < -0.4 is 24.4 Å². The van der Waals surface area contributed by atoms with Crippen LogP contribution >= 0.6 is 0 Å². The van der Waals surface area contributed by atoms with E-state index < -0.39 is 18.5 Å². The number of anilines is 2. The molecule has 3 aromatic rings. The van der Waals surface area contributed by atoms with Crippen molar-refractivity contribution in [1.82, 2.24) is 0 Å². The molecule has 0 unspecified atom stereocenters. The number of benzene rings is 3. The second-order valence-corrected chi connectivity index (χ2v) is 7.27. The van der Waals surface area contributed by atoms with Gasteiger partial charge >= 0.3 is 5.97 Å². The van der Waals surface area contributed by atoms with Gasteiger partial charge in [0.15, 0.2) is 24.7 Å². The number of methoxy groups -OCH3 is 2. The van der Waals surface area contributed by atoms with Gasteiger partial charge in [0.1, 0.15) is 5.75 Å². The van der Waals surface area contributed by atoms with E-state index in [2.05, 4.69) is 5.32 Å². The number of nitrogens with one attached hydrogen (secondary N) is 1. The fraction of sp³-hybridized carbons (Fsp3) is 0.192. The number of carbonyl (C=O) groups is 3. The van der Waals surface area contributed by atoms with Crippen molar-refractivity contribution in [2.45, 2.75) is 0 Å². The molecule has 0 fully saturated rings. The number of carbonyl (C=O) groups excluding carboxylic acids is 3. The quantitative estimate of drug-likeness (QED) is 0.445. The van der Waals surface area contributed by atoms with E-state index in [1.807, 2.05) is 18.2 Å². The van der Waals surface area contributed by atoms with Crippen molar-refractivity contribution in [3.05, 3.63) is 78.4 Å². The Morgan fingerprint density at radius 3 is 2.20 bits per heavy atom. The van der Waals surface area contributed by atoms with E-state index >= 15 is 0 Å². The highest BCUT2D eigenvalue weighted by molar-refractivity contribution is 5.97. The van der Waals surface area contributed by atoms with E-state index in [4.69, 9.17) is 18.9 Å². The van der Waals surface area contributed by atoms with Crippen LogP contribution in [0, 0.1) is 0 Å². The molecule has 0 atom stereocenters. The molecule has 3 aromatic carbocycles. The summed E-state index contributed by atoms with van der Waals surface area (Å²) in [5, 5.41) is 2.71. The molecule has 182 valence electrons. The van der Waals surface area contributed by atoms with Gasteiger partial charge in [-0.15, -0.1) is 0 Å². The number of ether oxygens (including phenoxy) is 4. The zero-order valence-corrected chi connectivity index (χ0v) is 19.6. The third kappa shape index (κ3) is 6.73. The van der Waals surface area contributed by atoms with Crippen molar-refractivity contribution in [3.63, 3.8) is 0 Å². The zero-order valence-electron chi connectivity index (χ0n) is 19.6. The predicted molar refractivity (Wildman–Crippen MR) is 130 cm³/mol. The normalized spacial score (nSPS) is 10.1. The molecular formula is C26H26N2O7. The Kier molecular flexibility index (Phi) is 8.66. The Hall–Kier alpha value is -4.53. The molecule has 0 saturated carbocycles. The highest BCUT2D eigenvalue weighted by atomic mass is 16.5. The van der Waals surface area contributed by atoms with Crippen molar-refractivity contribution in [2.24, 2.45) is 0 Å². The molecule has 1 N–H and O–H groups in total. The van der Waals surface area contributed by atoms with Gasteiger partial charge in [-0.05, 0) is 42.5 Å². The number of likely N-dealkylation sites (N-methyl/N-ethyl adjacent to an activating group) is 1. The van der Waals surface area contributed by atoms with Gasteiger partial charge in [-0.3, -0.25) is 9.59 Å². The first-order chi connectivity index (χ1) is 16.9. The lowest BCUT2D eigenvalue weighted by Gasteiger charge is -2.17. The summed E-state index contributed by atoms with van der Waals surface area (Å²) >= 11 is 0. The molecule has 9 heteroatoms. The summed E-state index contributed by atoms with van der Waals surface area (Å²) < 4.78 is 21.2. The monoisotopic (exact) mass is 478 g/mol. The molecule has 0 aliphatic heterocycles. The van der Waals surface area contributed by atoms with E-state index in [1.165, 1.54) is 37.3 Å². The van der Waals surface area contributed by atoms with Gasteiger partial charge in [-0.25, -0.2) is 4.79 Å². The Bertz CT molecular complexity index is 1180. The van der Waals surface area contributed by atoms with Gasteiger partial charge in [0.05, 0.1) is 25.5 Å². The average Bonchev–Trinajstić information content (AvgIpc) is 2.90. The molecular weight excluding hydrogens is 452 g/mol. The summed E-state index contributed by atoms with van der Waals surface area (Å²) in [5.41, 5.74) is 1.37. The number of nitrogens with zero attached hydrogens (tertiary/aromatic N) is 1. The maximum absolute atomic E-state index is 12.5. The molecule has 0 heterocycles. The number of para-hydroxylation sites is 3. The van der Waals surface area contributed by atoms with Crippen LogP contribution in [0.3, 0.4) is 0 Å². The molecule has 0 bridgehead atoms. The van der Waals surface area contributed by atoms with Crippen LogP contribution in [0.5, 0.6) is 17.2 Å². The Morgan fingerprint density at radius 2 is 1.49 bits per heavy atom. The molecule has 0 spiro atoms. The highest BCUT2D eigenvalue weighted by Crippen LogP contribution is 2.29. The van der Waals surface area contributed by atoms with E-state index in [1.54, 1.807) is 43.4 Å². The number of hydrogen-bond donors (Lipinski definition) is 1. The van der Waals surface area contributed by atoms with E-state index in [0.29, 0.717) is 17.1 Å². The standard InChI is InChI=1S/C26H26N2O7/c1-28(19-9-5-4-6-10-19)25(30)17-35-26(31)18-13-14-22(23(15-18)33-3)34-16-24(29)27-20-11-7-8-12-21(20)32-2/h4-15H,16-17H2,1-3H3,(H,27,29). The second-order valence-electron chi connectivity index (χ2n) is 7.27. The maximum Gasteiger partial charge on any atom is 0.338 e. The van der Waals surface area contributed by atoms with Gasteiger partial charge in [-0.1, -0.05) is 30.3 Å². The second kappa shape index (κ2) is 12.1. The maximum atomic E-state index is 12.5.